The molecule has 0 radical (unpaired) electrons. The number of carbonyl (C=O) groups is 2. The van der Waals surface area contributed by atoms with Crippen LogP contribution in [0.3, 0.4) is 0 Å². The van der Waals surface area contributed by atoms with Crippen LogP contribution in [0.4, 0.5) is 0 Å². The van der Waals surface area contributed by atoms with Crippen molar-refractivity contribution in [2.24, 2.45) is 11.8 Å². The summed E-state index contributed by atoms with van der Waals surface area (Å²) in [4.78, 5) is 21.4. The highest BCUT2D eigenvalue weighted by molar-refractivity contribution is 5.95. The van der Waals surface area contributed by atoms with Gasteiger partial charge >= 0.3 is 0 Å². The van der Waals surface area contributed by atoms with Crippen LogP contribution in [0.2, 0.25) is 0 Å². The fraction of sp³-hybridized carbons (Fsp3) is 0.667. The van der Waals surface area contributed by atoms with Gasteiger partial charge in [0.15, 0.2) is 0 Å². The quantitative estimate of drug-likeness (QED) is 0.309. The Labute approximate surface area is 59.0 Å². The highest BCUT2D eigenvalue weighted by Crippen LogP contribution is 2.30. The molecule has 0 aromatic rings. The van der Waals surface area contributed by atoms with Crippen LogP contribution < -0.4 is 5.84 Å². The summed E-state index contributed by atoms with van der Waals surface area (Å²) in [6.07, 6.45) is 1.75. The number of rotatable bonds is 1. The van der Waals surface area contributed by atoms with Crippen LogP contribution in [0, 0.1) is 5.92 Å². The monoisotopic (exact) mass is 142 g/mol. The van der Waals surface area contributed by atoms with E-state index in [1.807, 2.05) is 0 Å². The summed E-state index contributed by atoms with van der Waals surface area (Å²) < 4.78 is 0. The summed E-state index contributed by atoms with van der Waals surface area (Å²) in [7, 11) is 0. The molecule has 0 bridgehead atoms. The van der Waals surface area contributed by atoms with Gasteiger partial charge in [-0.15, -0.1) is 0 Å². The van der Waals surface area contributed by atoms with Gasteiger partial charge in [0.25, 0.3) is 0 Å². The van der Waals surface area contributed by atoms with Crippen LogP contribution in [0.25, 0.3) is 0 Å². The number of nitrogens with zero attached hydrogens (tertiary/aromatic N) is 1. The maximum absolute atomic E-state index is 10.9. The lowest BCUT2D eigenvalue weighted by Crippen LogP contribution is -2.41. The Morgan fingerprint density at radius 1 is 1.50 bits per heavy atom. The maximum atomic E-state index is 10.9. The number of amides is 2. The molecule has 0 unspecified atom stereocenters. The molecule has 0 heterocycles. The number of nitrogens with two attached hydrogens (primary N) is 1. The van der Waals surface area contributed by atoms with E-state index in [1.54, 1.807) is 0 Å². The molecule has 0 aromatic heterocycles. The number of hydrogen-bond acceptors (Lipinski definition) is 3. The molecule has 4 heteroatoms. The molecule has 56 valence electrons. The maximum Gasteiger partial charge on any atom is 0.246 e. The average molecular weight is 142 g/mol. The van der Waals surface area contributed by atoms with Crippen LogP contribution >= 0.6 is 0 Å². The highest BCUT2D eigenvalue weighted by atomic mass is 16.2. The Morgan fingerprint density at radius 3 is 2.30 bits per heavy atom. The Hall–Kier alpha value is -0.900. The number of hydrogen-bond donors (Lipinski definition) is 1. The molecule has 1 saturated carbocycles. The molecule has 1 aliphatic carbocycles. The third-order valence-corrected chi connectivity index (χ3v) is 1.50. The van der Waals surface area contributed by atoms with Crippen molar-refractivity contribution in [3.63, 3.8) is 0 Å². The van der Waals surface area contributed by atoms with E-state index in [1.165, 1.54) is 6.92 Å². The van der Waals surface area contributed by atoms with E-state index in [9.17, 15) is 9.59 Å². The second kappa shape index (κ2) is 2.38. The lowest BCUT2D eigenvalue weighted by Gasteiger charge is -2.10. The molecule has 0 saturated heterocycles. The standard InChI is InChI=1S/C6H10N2O2/c1-4(9)8(7)6(10)5-2-3-5/h5H,2-3,7H2,1H3. The van der Waals surface area contributed by atoms with Crippen LogP contribution in [0.1, 0.15) is 19.8 Å². The van der Waals surface area contributed by atoms with Gasteiger partial charge in [0.05, 0.1) is 0 Å². The van der Waals surface area contributed by atoms with E-state index in [2.05, 4.69) is 0 Å². The molecule has 0 aliphatic heterocycles. The van der Waals surface area contributed by atoms with Crippen molar-refractivity contribution in [2.45, 2.75) is 19.8 Å². The molecule has 0 spiro atoms. The molecular weight excluding hydrogens is 132 g/mol. The van der Waals surface area contributed by atoms with Crippen molar-refractivity contribution in [1.82, 2.24) is 5.01 Å². The third kappa shape index (κ3) is 1.33. The molecule has 0 aromatic carbocycles. The molecule has 1 aliphatic rings. The summed E-state index contributed by atoms with van der Waals surface area (Å²) in [6, 6.07) is 0. The first-order valence-electron chi connectivity index (χ1n) is 3.22. The third-order valence-electron chi connectivity index (χ3n) is 1.50. The SMILES string of the molecule is CC(=O)N(N)C(=O)C1CC1. The Kier molecular flexibility index (Phi) is 1.72. The molecule has 4 nitrogen and oxygen atoms in total. The van der Waals surface area contributed by atoms with Gasteiger partial charge in [0.1, 0.15) is 0 Å². The van der Waals surface area contributed by atoms with Crippen molar-refractivity contribution < 1.29 is 9.59 Å². The zero-order valence-corrected chi connectivity index (χ0v) is 5.83. The number of imide groups is 1. The number of hydrazine groups is 1. The van der Waals surface area contributed by atoms with E-state index < -0.39 is 5.91 Å². The summed E-state index contributed by atoms with van der Waals surface area (Å²) >= 11 is 0. The van der Waals surface area contributed by atoms with E-state index in [0.29, 0.717) is 5.01 Å². The Balaban J connectivity index is 2.46. The van der Waals surface area contributed by atoms with Crippen molar-refractivity contribution >= 4 is 11.8 Å². The zero-order valence-electron chi connectivity index (χ0n) is 5.83. The van der Waals surface area contributed by atoms with Gasteiger partial charge < -0.3 is 0 Å². The molecule has 1 fully saturated rings. The van der Waals surface area contributed by atoms with E-state index in [0.717, 1.165) is 12.8 Å². The molecular formula is C6H10N2O2. The minimum atomic E-state index is -0.392. The van der Waals surface area contributed by atoms with Gasteiger partial charge in [-0.1, -0.05) is 0 Å². The predicted molar refractivity (Wildman–Crippen MR) is 34.4 cm³/mol. The molecule has 2 amide bonds. The minimum absolute atomic E-state index is 0.0221. The average Bonchev–Trinajstić information content (AvgIpc) is 2.65. The Bertz CT molecular complexity index is 175. The van der Waals surface area contributed by atoms with Gasteiger partial charge in [-0.2, -0.15) is 0 Å². The largest absolute Gasteiger partial charge is 0.273 e. The molecule has 2 N–H and O–H groups in total. The topological polar surface area (TPSA) is 63.4 Å². The first-order valence-corrected chi connectivity index (χ1v) is 3.22. The Morgan fingerprint density at radius 2 is 2.00 bits per heavy atom. The van der Waals surface area contributed by atoms with Crippen LogP contribution in [-0.2, 0) is 9.59 Å². The summed E-state index contributed by atoms with van der Waals surface area (Å²) in [5.41, 5.74) is 0. The van der Waals surface area contributed by atoms with E-state index in [-0.39, 0.29) is 11.8 Å². The minimum Gasteiger partial charge on any atom is -0.273 e. The zero-order chi connectivity index (χ0) is 7.72. The second-order valence-corrected chi connectivity index (χ2v) is 2.50. The van der Waals surface area contributed by atoms with E-state index >= 15 is 0 Å². The first-order chi connectivity index (χ1) is 4.63. The normalized spacial score (nSPS) is 16.6. The molecule has 0 atom stereocenters. The summed E-state index contributed by atoms with van der Waals surface area (Å²) in [5.74, 6) is 4.52. The van der Waals surface area contributed by atoms with Crippen molar-refractivity contribution in [3.05, 3.63) is 0 Å². The number of carbonyl (C=O) groups excluding carboxylic acids is 2. The van der Waals surface area contributed by atoms with E-state index in [4.69, 9.17) is 5.84 Å². The van der Waals surface area contributed by atoms with Crippen molar-refractivity contribution in [2.75, 3.05) is 0 Å². The van der Waals surface area contributed by atoms with Crippen LogP contribution in [-0.4, -0.2) is 16.8 Å². The highest BCUT2D eigenvalue weighted by Gasteiger charge is 2.33. The van der Waals surface area contributed by atoms with Gasteiger partial charge in [-0.25, -0.2) is 10.9 Å². The van der Waals surface area contributed by atoms with Gasteiger partial charge in [0.2, 0.25) is 11.8 Å². The van der Waals surface area contributed by atoms with Gasteiger partial charge in [-0.3, -0.25) is 9.59 Å². The lowest BCUT2D eigenvalue weighted by atomic mass is 10.4. The smallest absolute Gasteiger partial charge is 0.246 e. The second-order valence-electron chi connectivity index (χ2n) is 2.50. The molecule has 1 rings (SSSR count). The predicted octanol–water partition coefficient (Wildman–Crippen LogP) is -0.355. The van der Waals surface area contributed by atoms with Gasteiger partial charge in [-0.05, 0) is 12.8 Å². The van der Waals surface area contributed by atoms with Gasteiger partial charge in [0, 0.05) is 12.8 Å². The summed E-state index contributed by atoms with van der Waals surface area (Å²) in [5, 5.41) is 0.692. The molecule has 10 heavy (non-hydrogen) atoms. The fourth-order valence-electron chi connectivity index (χ4n) is 0.682. The fourth-order valence-corrected chi connectivity index (χ4v) is 0.682. The lowest BCUT2D eigenvalue weighted by molar-refractivity contribution is -0.144. The van der Waals surface area contributed by atoms with Crippen molar-refractivity contribution in [1.29, 1.82) is 0 Å². The van der Waals surface area contributed by atoms with Crippen LogP contribution in [0.5, 0.6) is 0 Å². The summed E-state index contributed by atoms with van der Waals surface area (Å²) in [6.45, 7) is 1.28. The first kappa shape index (κ1) is 7.21. The van der Waals surface area contributed by atoms with Crippen LogP contribution in [0.15, 0.2) is 0 Å². The van der Waals surface area contributed by atoms with Crippen molar-refractivity contribution in [3.8, 4) is 0 Å².